The summed E-state index contributed by atoms with van der Waals surface area (Å²) in [5, 5.41) is 11.7. The molecule has 0 spiro atoms. The first-order chi connectivity index (χ1) is 12.1. The minimum Gasteiger partial charge on any atom is -0.478 e. The van der Waals surface area contributed by atoms with Gasteiger partial charge >= 0.3 is 5.97 Å². The SMILES string of the molecule is O=C(O)c1ccc2c(=O)n(Cc3cccc4ccccc34)cnc2c1. The molecule has 1 N–H and O–H groups in total. The number of carbonyl (C=O) groups is 1. The van der Waals surface area contributed by atoms with Gasteiger partial charge in [-0.15, -0.1) is 0 Å². The van der Waals surface area contributed by atoms with Crippen molar-refractivity contribution in [2.45, 2.75) is 6.54 Å². The fourth-order valence-electron chi connectivity index (χ4n) is 3.02. The highest BCUT2D eigenvalue weighted by molar-refractivity contribution is 5.92. The molecule has 0 radical (unpaired) electrons. The predicted molar refractivity (Wildman–Crippen MR) is 96.0 cm³/mol. The van der Waals surface area contributed by atoms with E-state index in [4.69, 9.17) is 5.11 Å². The number of nitrogens with zero attached hydrogens (tertiary/aromatic N) is 2. The van der Waals surface area contributed by atoms with Crippen LogP contribution in [0.15, 0.2) is 71.8 Å². The van der Waals surface area contributed by atoms with E-state index >= 15 is 0 Å². The molecule has 0 saturated carbocycles. The molecule has 5 nitrogen and oxygen atoms in total. The van der Waals surface area contributed by atoms with Crippen molar-refractivity contribution in [3.05, 3.63) is 88.5 Å². The van der Waals surface area contributed by atoms with Crippen molar-refractivity contribution in [2.24, 2.45) is 0 Å². The van der Waals surface area contributed by atoms with Crippen molar-refractivity contribution < 1.29 is 9.90 Å². The third-order valence-corrected chi connectivity index (χ3v) is 4.29. The summed E-state index contributed by atoms with van der Waals surface area (Å²) < 4.78 is 1.55. The van der Waals surface area contributed by atoms with Crippen molar-refractivity contribution in [1.29, 1.82) is 0 Å². The molecule has 0 unspecified atom stereocenters. The van der Waals surface area contributed by atoms with E-state index < -0.39 is 5.97 Å². The molecule has 0 aliphatic carbocycles. The number of rotatable bonds is 3. The van der Waals surface area contributed by atoms with Gasteiger partial charge < -0.3 is 5.11 Å². The van der Waals surface area contributed by atoms with E-state index in [1.54, 1.807) is 4.57 Å². The van der Waals surface area contributed by atoms with E-state index in [1.165, 1.54) is 24.5 Å². The maximum Gasteiger partial charge on any atom is 0.335 e. The summed E-state index contributed by atoms with van der Waals surface area (Å²) in [5.74, 6) is -1.04. The second-order valence-electron chi connectivity index (χ2n) is 5.85. The molecule has 3 aromatic carbocycles. The van der Waals surface area contributed by atoms with Gasteiger partial charge in [-0.3, -0.25) is 9.36 Å². The molecular weight excluding hydrogens is 316 g/mol. The third-order valence-electron chi connectivity index (χ3n) is 4.29. The van der Waals surface area contributed by atoms with Crippen molar-refractivity contribution in [3.8, 4) is 0 Å². The summed E-state index contributed by atoms with van der Waals surface area (Å²) in [5.41, 5.74) is 1.35. The first-order valence-corrected chi connectivity index (χ1v) is 7.82. The van der Waals surface area contributed by atoms with Crippen LogP contribution in [0.4, 0.5) is 0 Å². The van der Waals surface area contributed by atoms with Gasteiger partial charge in [0.15, 0.2) is 0 Å². The average molecular weight is 330 g/mol. The Labute approximate surface area is 142 Å². The molecule has 5 heteroatoms. The average Bonchev–Trinajstić information content (AvgIpc) is 2.64. The van der Waals surface area contributed by atoms with Gasteiger partial charge in [-0.2, -0.15) is 0 Å². The number of aromatic nitrogens is 2. The molecule has 0 aliphatic heterocycles. The van der Waals surface area contributed by atoms with Crippen LogP contribution in [0.3, 0.4) is 0 Å². The van der Waals surface area contributed by atoms with E-state index in [-0.39, 0.29) is 11.1 Å². The summed E-state index contributed by atoms with van der Waals surface area (Å²) in [7, 11) is 0. The molecule has 0 amide bonds. The number of aromatic carboxylic acids is 1. The Balaban J connectivity index is 1.82. The Morgan fingerprint density at radius 3 is 2.64 bits per heavy atom. The number of carboxylic acids is 1. The van der Waals surface area contributed by atoms with Crippen molar-refractivity contribution in [3.63, 3.8) is 0 Å². The van der Waals surface area contributed by atoms with Crippen LogP contribution < -0.4 is 5.56 Å². The second-order valence-corrected chi connectivity index (χ2v) is 5.85. The van der Waals surface area contributed by atoms with Gasteiger partial charge in [0, 0.05) is 0 Å². The zero-order valence-corrected chi connectivity index (χ0v) is 13.2. The Kier molecular flexibility index (Phi) is 3.54. The van der Waals surface area contributed by atoms with Gasteiger partial charge in [-0.1, -0.05) is 42.5 Å². The van der Waals surface area contributed by atoms with Crippen LogP contribution in [0.25, 0.3) is 21.7 Å². The van der Waals surface area contributed by atoms with Gasteiger partial charge in [0.2, 0.25) is 0 Å². The molecule has 0 bridgehead atoms. The molecule has 4 aromatic rings. The van der Waals surface area contributed by atoms with E-state index in [9.17, 15) is 9.59 Å². The van der Waals surface area contributed by atoms with Gasteiger partial charge in [0.25, 0.3) is 5.56 Å². The first-order valence-electron chi connectivity index (χ1n) is 7.82. The first kappa shape index (κ1) is 15.1. The maximum atomic E-state index is 12.7. The molecule has 0 fully saturated rings. The number of hydrogen-bond acceptors (Lipinski definition) is 3. The lowest BCUT2D eigenvalue weighted by atomic mass is 10.0. The molecule has 122 valence electrons. The highest BCUT2D eigenvalue weighted by atomic mass is 16.4. The monoisotopic (exact) mass is 330 g/mol. The molecule has 25 heavy (non-hydrogen) atoms. The summed E-state index contributed by atoms with van der Waals surface area (Å²) in [4.78, 5) is 28.0. The molecule has 1 aromatic heterocycles. The molecule has 0 aliphatic rings. The minimum atomic E-state index is -1.04. The summed E-state index contributed by atoms with van der Waals surface area (Å²) in [6.45, 7) is 0.407. The lowest BCUT2D eigenvalue weighted by Gasteiger charge is -2.10. The highest BCUT2D eigenvalue weighted by Crippen LogP contribution is 2.19. The predicted octanol–water partition coefficient (Wildman–Crippen LogP) is 3.30. The topological polar surface area (TPSA) is 72.2 Å². The zero-order valence-electron chi connectivity index (χ0n) is 13.2. The second kappa shape index (κ2) is 5.87. The molecule has 1 heterocycles. The smallest absolute Gasteiger partial charge is 0.335 e. The fourth-order valence-corrected chi connectivity index (χ4v) is 3.02. The Morgan fingerprint density at radius 1 is 1.00 bits per heavy atom. The number of carboxylic acid groups (broad SMARTS) is 1. The Hall–Kier alpha value is -3.47. The Morgan fingerprint density at radius 2 is 1.80 bits per heavy atom. The minimum absolute atomic E-state index is 0.117. The summed E-state index contributed by atoms with van der Waals surface area (Å²) in [6, 6.07) is 18.4. The van der Waals surface area contributed by atoms with E-state index in [1.807, 2.05) is 42.5 Å². The van der Waals surface area contributed by atoms with E-state index in [0.29, 0.717) is 17.4 Å². The zero-order chi connectivity index (χ0) is 17.4. The summed E-state index contributed by atoms with van der Waals surface area (Å²) in [6.07, 6.45) is 1.47. The Bertz CT molecular complexity index is 1170. The van der Waals surface area contributed by atoms with Gasteiger partial charge in [-0.05, 0) is 34.5 Å². The largest absolute Gasteiger partial charge is 0.478 e. The molecular formula is C20H14N2O3. The van der Waals surface area contributed by atoms with E-state index in [2.05, 4.69) is 4.98 Å². The fraction of sp³-hybridized carbons (Fsp3) is 0.0500. The van der Waals surface area contributed by atoms with Crippen LogP contribution in [-0.2, 0) is 6.54 Å². The number of hydrogen-bond donors (Lipinski definition) is 1. The van der Waals surface area contributed by atoms with Crippen LogP contribution in [0, 0.1) is 0 Å². The molecule has 0 atom stereocenters. The van der Waals surface area contributed by atoms with Gasteiger partial charge in [0.1, 0.15) is 0 Å². The normalized spacial score (nSPS) is 11.0. The quantitative estimate of drug-likeness (QED) is 0.625. The lowest BCUT2D eigenvalue weighted by molar-refractivity contribution is 0.0697. The number of benzene rings is 3. The van der Waals surface area contributed by atoms with Crippen LogP contribution in [-0.4, -0.2) is 20.6 Å². The number of fused-ring (bicyclic) bond motifs is 2. The molecule has 4 rings (SSSR count). The lowest BCUT2D eigenvalue weighted by Crippen LogP contribution is -2.21. The van der Waals surface area contributed by atoms with Gasteiger partial charge in [-0.25, -0.2) is 9.78 Å². The van der Waals surface area contributed by atoms with Crippen LogP contribution >= 0.6 is 0 Å². The van der Waals surface area contributed by atoms with Crippen molar-refractivity contribution in [2.75, 3.05) is 0 Å². The third kappa shape index (κ3) is 2.65. The van der Waals surface area contributed by atoms with Crippen LogP contribution in [0.1, 0.15) is 15.9 Å². The maximum absolute atomic E-state index is 12.7. The standard InChI is InChI=1S/C20H14N2O3/c23-19-17-9-8-14(20(24)25)10-18(17)21-12-22(19)11-15-6-3-5-13-4-1-2-7-16(13)15/h1-10,12H,11H2,(H,24,25). The van der Waals surface area contributed by atoms with E-state index in [0.717, 1.165) is 16.3 Å². The van der Waals surface area contributed by atoms with Crippen molar-refractivity contribution in [1.82, 2.24) is 9.55 Å². The van der Waals surface area contributed by atoms with Crippen molar-refractivity contribution >= 4 is 27.6 Å². The van der Waals surface area contributed by atoms with Crippen LogP contribution in [0.2, 0.25) is 0 Å². The van der Waals surface area contributed by atoms with Crippen LogP contribution in [0.5, 0.6) is 0 Å². The van der Waals surface area contributed by atoms with Gasteiger partial charge in [0.05, 0.1) is 29.3 Å². The molecule has 0 saturated heterocycles. The highest BCUT2D eigenvalue weighted by Gasteiger charge is 2.09. The summed E-state index contributed by atoms with van der Waals surface area (Å²) >= 11 is 0.